The van der Waals surface area contributed by atoms with Crippen molar-refractivity contribution in [1.29, 1.82) is 0 Å². The van der Waals surface area contributed by atoms with Crippen LogP contribution in [0.1, 0.15) is 28.3 Å². The molecule has 0 amide bonds. The zero-order valence-electron chi connectivity index (χ0n) is 16.6. The van der Waals surface area contributed by atoms with E-state index in [0.29, 0.717) is 16.1 Å². The first kappa shape index (κ1) is 21.5. The molecule has 4 atom stereocenters. The maximum Gasteiger partial charge on any atom is 0.351 e. The van der Waals surface area contributed by atoms with Gasteiger partial charge in [0.25, 0.3) is 0 Å². The number of aliphatic hydroxyl groups is 1. The first-order valence-electron chi connectivity index (χ1n) is 9.87. The zero-order chi connectivity index (χ0) is 22.6. The first-order chi connectivity index (χ1) is 15.3. The zero-order valence-corrected chi connectivity index (χ0v) is 18.1. The topological polar surface area (TPSA) is 93.6 Å². The molecule has 0 aliphatic carbocycles. The van der Waals surface area contributed by atoms with Gasteiger partial charge in [0.05, 0.1) is 6.04 Å². The summed E-state index contributed by atoms with van der Waals surface area (Å²) >= 11 is 7.77. The predicted molar refractivity (Wildman–Crippen MR) is 116 cm³/mol. The van der Waals surface area contributed by atoms with Crippen molar-refractivity contribution < 1.29 is 18.6 Å². The fourth-order valence-electron chi connectivity index (χ4n) is 4.36. The van der Waals surface area contributed by atoms with Gasteiger partial charge in [-0.25, -0.2) is 4.79 Å². The van der Waals surface area contributed by atoms with E-state index in [9.17, 15) is 18.7 Å². The maximum atomic E-state index is 14.9. The molecule has 7 nitrogen and oxygen atoms in total. The van der Waals surface area contributed by atoms with Gasteiger partial charge in [0.1, 0.15) is 18.0 Å². The lowest BCUT2D eigenvalue weighted by molar-refractivity contribution is -0.140. The third-order valence-electron chi connectivity index (χ3n) is 5.83. The lowest BCUT2D eigenvalue weighted by Gasteiger charge is -2.28. The van der Waals surface area contributed by atoms with Crippen LogP contribution in [0.2, 0.25) is 5.02 Å². The fourth-order valence-corrected chi connectivity index (χ4v) is 5.63. The van der Waals surface area contributed by atoms with E-state index in [4.69, 9.17) is 22.1 Å². The van der Waals surface area contributed by atoms with Crippen LogP contribution in [-0.2, 0) is 11.3 Å². The molecule has 3 aromatic rings. The number of hydrogen-bond acceptors (Lipinski definition) is 7. The summed E-state index contributed by atoms with van der Waals surface area (Å²) in [6.07, 6.45) is -4.21. The summed E-state index contributed by atoms with van der Waals surface area (Å²) in [7, 11) is 0. The van der Waals surface area contributed by atoms with E-state index in [0.717, 1.165) is 22.2 Å². The van der Waals surface area contributed by atoms with Gasteiger partial charge in [-0.3, -0.25) is 9.47 Å². The monoisotopic (exact) mass is 480 g/mol. The van der Waals surface area contributed by atoms with Crippen molar-refractivity contribution in [2.45, 2.75) is 36.9 Å². The molecule has 11 heteroatoms. The molecule has 4 heterocycles. The Morgan fingerprint density at radius 1 is 1.34 bits per heavy atom. The number of nitrogen functional groups attached to an aromatic ring is 1. The number of ether oxygens (including phenoxy) is 1. The predicted octanol–water partition coefficient (Wildman–Crippen LogP) is 3.04. The molecule has 0 saturated carbocycles. The van der Waals surface area contributed by atoms with E-state index in [-0.39, 0.29) is 18.4 Å². The van der Waals surface area contributed by atoms with E-state index in [1.807, 2.05) is 34.5 Å². The van der Waals surface area contributed by atoms with Crippen molar-refractivity contribution in [2.75, 3.05) is 12.3 Å². The van der Waals surface area contributed by atoms with Crippen LogP contribution in [0, 0.1) is 0 Å². The Morgan fingerprint density at radius 3 is 2.91 bits per heavy atom. The smallest absolute Gasteiger partial charge is 0.351 e. The Kier molecular flexibility index (Phi) is 5.30. The largest absolute Gasteiger partial charge is 0.384 e. The van der Waals surface area contributed by atoms with Crippen molar-refractivity contribution in [3.63, 3.8) is 0 Å². The Morgan fingerprint density at radius 2 is 2.16 bits per heavy atom. The van der Waals surface area contributed by atoms with E-state index < -0.39 is 30.0 Å². The van der Waals surface area contributed by atoms with Crippen LogP contribution in [0.15, 0.2) is 52.8 Å². The molecule has 1 fully saturated rings. The number of aliphatic hydroxyl groups excluding tert-OH is 1. The normalized spacial score (nSPS) is 27.0. The molecule has 3 N–H and O–H groups in total. The molecule has 1 saturated heterocycles. The summed E-state index contributed by atoms with van der Waals surface area (Å²) in [5, 5.41) is 13.0. The van der Waals surface area contributed by atoms with Crippen LogP contribution in [0.3, 0.4) is 0 Å². The number of rotatable bonds is 4. The number of hydrogen-bond donors (Lipinski definition) is 2. The highest BCUT2D eigenvalue weighted by atomic mass is 35.5. The number of nitrogens with two attached hydrogens (primary N) is 1. The first-order valence-corrected chi connectivity index (χ1v) is 11.1. The van der Waals surface area contributed by atoms with Crippen LogP contribution in [0.4, 0.5) is 14.6 Å². The highest BCUT2D eigenvalue weighted by Crippen LogP contribution is 2.46. The van der Waals surface area contributed by atoms with Gasteiger partial charge >= 0.3 is 11.6 Å². The molecule has 168 valence electrons. The number of alkyl halides is 2. The summed E-state index contributed by atoms with van der Waals surface area (Å²) in [5.74, 6) is -3.78. The van der Waals surface area contributed by atoms with E-state index in [1.165, 1.54) is 6.07 Å². The lowest BCUT2D eigenvalue weighted by atomic mass is 10.0. The average Bonchev–Trinajstić information content (AvgIpc) is 3.37. The van der Waals surface area contributed by atoms with Gasteiger partial charge in [0.2, 0.25) is 6.23 Å². The van der Waals surface area contributed by atoms with Crippen LogP contribution in [0.5, 0.6) is 0 Å². The van der Waals surface area contributed by atoms with Gasteiger partial charge in [0, 0.05) is 29.2 Å². The van der Waals surface area contributed by atoms with Crippen LogP contribution in [-0.4, -0.2) is 44.2 Å². The van der Waals surface area contributed by atoms with E-state index >= 15 is 0 Å². The minimum absolute atomic E-state index is 0.0307. The van der Waals surface area contributed by atoms with Crippen molar-refractivity contribution in [3.8, 4) is 0 Å². The maximum absolute atomic E-state index is 14.9. The molecule has 5 rings (SSSR count). The quantitative estimate of drug-likeness (QED) is 0.596. The number of anilines is 1. The molecule has 0 spiro atoms. The van der Waals surface area contributed by atoms with Crippen molar-refractivity contribution in [1.82, 2.24) is 14.5 Å². The molecular weight excluding hydrogens is 462 g/mol. The molecule has 0 bridgehead atoms. The summed E-state index contributed by atoms with van der Waals surface area (Å²) in [6.45, 7) is 0.547. The number of aromatic nitrogens is 2. The molecule has 2 aliphatic rings. The second-order valence-electron chi connectivity index (χ2n) is 7.89. The van der Waals surface area contributed by atoms with Gasteiger partial charge in [-0.2, -0.15) is 13.8 Å². The SMILES string of the molecule is Nc1ccn([C@@H]2O[C@H](CN3Cc4ccsc4C3c3cccc(Cl)c3)[C@@H](O)C2(F)F)c(=O)n1. The molecule has 2 aromatic heterocycles. The second kappa shape index (κ2) is 7.89. The van der Waals surface area contributed by atoms with Crippen LogP contribution >= 0.6 is 22.9 Å². The molecule has 0 radical (unpaired) electrons. The summed E-state index contributed by atoms with van der Waals surface area (Å²) in [6, 6.07) is 10.4. The Balaban J connectivity index is 1.44. The number of fused-ring (bicyclic) bond motifs is 1. The highest BCUT2D eigenvalue weighted by Gasteiger charge is 2.60. The number of benzene rings is 1. The Bertz CT molecular complexity index is 1220. The third kappa shape index (κ3) is 3.52. The molecule has 1 unspecified atom stereocenters. The third-order valence-corrected chi connectivity index (χ3v) is 7.08. The van der Waals surface area contributed by atoms with Gasteiger partial charge in [-0.1, -0.05) is 23.7 Å². The van der Waals surface area contributed by atoms with E-state index in [1.54, 1.807) is 17.4 Å². The van der Waals surface area contributed by atoms with Crippen molar-refractivity contribution in [3.05, 3.63) is 79.5 Å². The molecule has 1 aromatic carbocycles. The Labute approximate surface area is 190 Å². The summed E-state index contributed by atoms with van der Waals surface area (Å²) in [5.41, 5.74) is 6.50. The van der Waals surface area contributed by atoms with Gasteiger partial charge in [-0.15, -0.1) is 11.3 Å². The average molecular weight is 481 g/mol. The molecule has 2 aliphatic heterocycles. The number of halogens is 3. The summed E-state index contributed by atoms with van der Waals surface area (Å²) in [4.78, 5) is 18.7. The number of thiophene rings is 1. The second-order valence-corrected chi connectivity index (χ2v) is 9.27. The van der Waals surface area contributed by atoms with Crippen molar-refractivity contribution >= 4 is 28.8 Å². The van der Waals surface area contributed by atoms with Gasteiger partial charge in [-0.05, 0) is 40.8 Å². The van der Waals surface area contributed by atoms with Crippen molar-refractivity contribution in [2.24, 2.45) is 0 Å². The van der Waals surface area contributed by atoms with Crippen LogP contribution in [0.25, 0.3) is 0 Å². The lowest BCUT2D eigenvalue weighted by Crippen LogP contribution is -2.43. The molecule has 32 heavy (non-hydrogen) atoms. The van der Waals surface area contributed by atoms with E-state index in [2.05, 4.69) is 4.98 Å². The van der Waals surface area contributed by atoms with Gasteiger partial charge in [0.15, 0.2) is 0 Å². The van der Waals surface area contributed by atoms with Crippen LogP contribution < -0.4 is 11.4 Å². The minimum atomic E-state index is -3.69. The number of nitrogens with zero attached hydrogens (tertiary/aromatic N) is 3. The molecular formula is C21H19ClF2N4O3S. The Hall–Kier alpha value is -2.37. The van der Waals surface area contributed by atoms with Gasteiger partial charge < -0.3 is 15.6 Å². The highest BCUT2D eigenvalue weighted by molar-refractivity contribution is 7.10. The summed E-state index contributed by atoms with van der Waals surface area (Å²) < 4.78 is 36.1. The standard InChI is InChI=1S/C21H19ClF2N4O3S/c22-13-3-1-2-11(8-13)16-17-12(5-7-32-17)9-27(16)10-14-18(29)21(23,24)19(31-14)28-6-4-15(25)26-20(28)30/h1-8,14,16,18-19,29H,9-10H2,(H2,25,26,30)/t14-,16?,18-,19-/m1/s1. The minimum Gasteiger partial charge on any atom is -0.384 e. The fraction of sp³-hybridized carbons (Fsp3) is 0.333.